The van der Waals surface area contributed by atoms with E-state index in [0.717, 1.165) is 6.42 Å². The minimum Gasteiger partial charge on any atom is -0.368 e. The first kappa shape index (κ1) is 17.8. The number of anilines is 1. The zero-order valence-corrected chi connectivity index (χ0v) is 14.0. The maximum atomic E-state index is 14.3. The summed E-state index contributed by atoms with van der Waals surface area (Å²) in [5.41, 5.74) is 5.41. The third kappa shape index (κ3) is 3.80. The lowest BCUT2D eigenvalue weighted by atomic mass is 10.2. The smallest absolute Gasteiger partial charge is 0.255 e. The van der Waals surface area contributed by atoms with Crippen molar-refractivity contribution in [3.63, 3.8) is 0 Å². The van der Waals surface area contributed by atoms with Crippen molar-refractivity contribution in [2.75, 3.05) is 18.4 Å². The van der Waals surface area contributed by atoms with Gasteiger partial charge in [-0.3, -0.25) is 23.9 Å². The predicted molar refractivity (Wildman–Crippen MR) is 94.4 cm³/mol. The average molecular weight is 358 g/mol. The number of nitrogens with two attached hydrogens (primary N) is 1. The van der Waals surface area contributed by atoms with Crippen molar-refractivity contribution >= 4 is 17.5 Å². The molecule has 1 aromatic heterocycles. The zero-order valence-electron chi connectivity index (χ0n) is 14.0. The van der Waals surface area contributed by atoms with E-state index in [1.165, 1.54) is 29.0 Å². The second-order valence-corrected chi connectivity index (χ2v) is 6.15. The molecule has 0 spiro atoms. The normalized spacial score (nSPS) is 17.2. The van der Waals surface area contributed by atoms with Gasteiger partial charge < -0.3 is 11.1 Å². The number of rotatable bonds is 5. The van der Waals surface area contributed by atoms with Gasteiger partial charge in [0.2, 0.25) is 11.8 Å². The number of pyridine rings is 1. The van der Waals surface area contributed by atoms with Crippen LogP contribution in [0.1, 0.15) is 12.8 Å². The summed E-state index contributed by atoms with van der Waals surface area (Å²) in [6.45, 7) is 0.562. The molecule has 3 rings (SSSR count). The molecule has 2 amide bonds. The molecule has 0 aliphatic carbocycles. The lowest BCUT2D eigenvalue weighted by molar-refractivity contribution is -0.123. The summed E-state index contributed by atoms with van der Waals surface area (Å²) < 4.78 is 15.6. The van der Waals surface area contributed by atoms with Crippen LogP contribution in [0.25, 0.3) is 5.69 Å². The van der Waals surface area contributed by atoms with E-state index in [-0.39, 0.29) is 17.8 Å². The molecular weight excluding hydrogens is 339 g/mol. The van der Waals surface area contributed by atoms with E-state index in [9.17, 15) is 18.8 Å². The number of nitrogens with one attached hydrogen (secondary N) is 1. The van der Waals surface area contributed by atoms with Gasteiger partial charge in [-0.15, -0.1) is 0 Å². The van der Waals surface area contributed by atoms with Gasteiger partial charge in [-0.2, -0.15) is 0 Å². The Bertz CT molecular complexity index is 896. The van der Waals surface area contributed by atoms with Gasteiger partial charge in [0.25, 0.3) is 5.56 Å². The van der Waals surface area contributed by atoms with E-state index in [2.05, 4.69) is 5.32 Å². The molecule has 1 aliphatic rings. The molecule has 2 aromatic rings. The summed E-state index contributed by atoms with van der Waals surface area (Å²) >= 11 is 0. The van der Waals surface area contributed by atoms with Gasteiger partial charge in [-0.25, -0.2) is 4.39 Å². The van der Waals surface area contributed by atoms with E-state index in [1.807, 2.05) is 0 Å². The van der Waals surface area contributed by atoms with Gasteiger partial charge in [0.15, 0.2) is 0 Å². The summed E-state index contributed by atoms with van der Waals surface area (Å²) in [5.74, 6) is -1.54. The summed E-state index contributed by atoms with van der Waals surface area (Å²) in [4.78, 5) is 37.0. The number of carbonyl (C=O) groups is 2. The lowest BCUT2D eigenvalue weighted by Crippen LogP contribution is -2.43. The number of aromatic nitrogens is 1. The predicted octanol–water partition coefficient (Wildman–Crippen LogP) is 0.865. The molecule has 7 nitrogen and oxygen atoms in total. The monoisotopic (exact) mass is 358 g/mol. The fourth-order valence-corrected chi connectivity index (χ4v) is 3.11. The molecule has 1 atom stereocenters. The Balaban J connectivity index is 1.70. The van der Waals surface area contributed by atoms with Crippen molar-refractivity contribution in [3.05, 3.63) is 58.8 Å². The number of likely N-dealkylation sites (tertiary alicyclic amines) is 1. The van der Waals surface area contributed by atoms with E-state index < -0.39 is 23.7 Å². The Morgan fingerprint density at radius 1 is 1.27 bits per heavy atom. The second kappa shape index (κ2) is 7.49. The Morgan fingerprint density at radius 2 is 2.08 bits per heavy atom. The van der Waals surface area contributed by atoms with Crippen molar-refractivity contribution in [2.24, 2.45) is 5.73 Å². The Kier molecular flexibility index (Phi) is 5.13. The van der Waals surface area contributed by atoms with Crippen LogP contribution in [-0.2, 0) is 9.59 Å². The summed E-state index contributed by atoms with van der Waals surface area (Å²) in [6.07, 6.45) is 2.94. The van der Waals surface area contributed by atoms with Crippen LogP contribution in [0, 0.1) is 5.82 Å². The molecule has 0 bridgehead atoms. The molecule has 26 heavy (non-hydrogen) atoms. The maximum Gasteiger partial charge on any atom is 0.255 e. The standard InChI is InChI=1S/C18H19FN4O3/c19-13-10-12(23-9-2-1-5-17(23)25)6-7-14(13)21-16(24)11-22-8-3-4-15(22)18(20)26/h1-2,5-7,9-10,15H,3-4,8,11H2,(H2,20,26)(H,21,24)/t15-/m0/s1. The highest BCUT2D eigenvalue weighted by Crippen LogP contribution is 2.19. The van der Waals surface area contributed by atoms with Crippen LogP contribution in [0.3, 0.4) is 0 Å². The van der Waals surface area contributed by atoms with E-state index in [1.54, 1.807) is 23.1 Å². The Labute approximate surface area is 149 Å². The largest absolute Gasteiger partial charge is 0.368 e. The van der Waals surface area contributed by atoms with Crippen LogP contribution < -0.4 is 16.6 Å². The van der Waals surface area contributed by atoms with Crippen LogP contribution >= 0.6 is 0 Å². The third-order valence-electron chi connectivity index (χ3n) is 4.37. The number of nitrogens with zero attached hydrogens (tertiary/aromatic N) is 2. The van der Waals surface area contributed by atoms with Crippen molar-refractivity contribution in [1.29, 1.82) is 0 Å². The van der Waals surface area contributed by atoms with Gasteiger partial charge in [0.1, 0.15) is 5.82 Å². The molecular formula is C18H19FN4O3. The van der Waals surface area contributed by atoms with Crippen LogP contribution in [-0.4, -0.2) is 40.4 Å². The Hall–Kier alpha value is -3.00. The van der Waals surface area contributed by atoms with E-state index >= 15 is 0 Å². The molecule has 1 fully saturated rings. The van der Waals surface area contributed by atoms with Gasteiger partial charge in [-0.05, 0) is 37.6 Å². The number of hydrogen-bond donors (Lipinski definition) is 2. The first-order valence-corrected chi connectivity index (χ1v) is 8.26. The van der Waals surface area contributed by atoms with E-state index in [0.29, 0.717) is 18.7 Å². The molecule has 1 saturated heterocycles. The third-order valence-corrected chi connectivity index (χ3v) is 4.37. The summed E-state index contributed by atoms with van der Waals surface area (Å²) in [5, 5.41) is 2.49. The first-order chi connectivity index (χ1) is 12.5. The molecule has 2 heterocycles. The number of halogens is 1. The molecule has 0 saturated carbocycles. The quantitative estimate of drug-likeness (QED) is 0.829. The minimum absolute atomic E-state index is 0.0116. The summed E-state index contributed by atoms with van der Waals surface area (Å²) in [6, 6.07) is 8.30. The van der Waals surface area contributed by atoms with Crippen LogP contribution in [0.5, 0.6) is 0 Å². The average Bonchev–Trinajstić information content (AvgIpc) is 3.05. The number of amides is 2. The highest BCUT2D eigenvalue weighted by Gasteiger charge is 2.30. The lowest BCUT2D eigenvalue weighted by Gasteiger charge is -2.21. The van der Waals surface area contributed by atoms with Crippen molar-refractivity contribution in [1.82, 2.24) is 9.47 Å². The fraction of sp³-hybridized carbons (Fsp3) is 0.278. The van der Waals surface area contributed by atoms with Crippen LogP contribution in [0.15, 0.2) is 47.4 Å². The van der Waals surface area contributed by atoms with Gasteiger partial charge >= 0.3 is 0 Å². The first-order valence-electron chi connectivity index (χ1n) is 8.26. The molecule has 136 valence electrons. The number of benzene rings is 1. The molecule has 1 aromatic carbocycles. The maximum absolute atomic E-state index is 14.3. The van der Waals surface area contributed by atoms with Crippen molar-refractivity contribution in [2.45, 2.75) is 18.9 Å². The van der Waals surface area contributed by atoms with Gasteiger partial charge in [0.05, 0.1) is 24.0 Å². The Morgan fingerprint density at radius 3 is 2.77 bits per heavy atom. The SMILES string of the molecule is NC(=O)[C@@H]1CCCN1CC(=O)Nc1ccc(-n2ccccc2=O)cc1F. The highest BCUT2D eigenvalue weighted by molar-refractivity contribution is 5.93. The molecule has 3 N–H and O–H groups in total. The van der Waals surface area contributed by atoms with Crippen molar-refractivity contribution in [3.8, 4) is 5.69 Å². The number of primary amides is 1. The van der Waals surface area contributed by atoms with Gasteiger partial charge in [0, 0.05) is 18.3 Å². The molecule has 8 heteroatoms. The van der Waals surface area contributed by atoms with E-state index in [4.69, 9.17) is 5.73 Å². The van der Waals surface area contributed by atoms with Crippen LogP contribution in [0.4, 0.5) is 10.1 Å². The topological polar surface area (TPSA) is 97.4 Å². The minimum atomic E-state index is -0.653. The zero-order chi connectivity index (χ0) is 18.7. The number of carbonyl (C=O) groups excluding carboxylic acids is 2. The highest BCUT2D eigenvalue weighted by atomic mass is 19.1. The number of hydrogen-bond acceptors (Lipinski definition) is 4. The summed E-state index contributed by atoms with van der Waals surface area (Å²) in [7, 11) is 0. The molecule has 0 unspecified atom stereocenters. The fourth-order valence-electron chi connectivity index (χ4n) is 3.11. The second-order valence-electron chi connectivity index (χ2n) is 6.15. The van der Waals surface area contributed by atoms with Crippen LogP contribution in [0.2, 0.25) is 0 Å². The molecule has 0 radical (unpaired) electrons. The molecule has 1 aliphatic heterocycles. The van der Waals surface area contributed by atoms with Crippen molar-refractivity contribution < 1.29 is 14.0 Å². The van der Waals surface area contributed by atoms with Gasteiger partial charge in [-0.1, -0.05) is 6.07 Å².